The highest BCUT2D eigenvalue weighted by Crippen LogP contribution is 2.38. The van der Waals surface area contributed by atoms with Crippen LogP contribution in [0.3, 0.4) is 0 Å². The Morgan fingerprint density at radius 2 is 1.04 bits per heavy atom. The molecule has 0 spiro atoms. The highest BCUT2D eigenvalue weighted by molar-refractivity contribution is 5.56. The van der Waals surface area contributed by atoms with Gasteiger partial charge in [0.25, 0.3) is 0 Å². The molecule has 4 heteroatoms. The second kappa shape index (κ2) is 5.66. The molecule has 0 unspecified atom stereocenters. The van der Waals surface area contributed by atoms with Gasteiger partial charge in [0.1, 0.15) is 5.60 Å². The first-order valence-electron chi connectivity index (χ1n) is 7.30. The van der Waals surface area contributed by atoms with Crippen molar-refractivity contribution in [2.75, 3.05) is 17.2 Å². The minimum Gasteiger partial charge on any atom is -0.399 e. The first-order chi connectivity index (χ1) is 11.0. The molecule has 0 bridgehead atoms. The number of hydrogen-bond acceptors (Lipinski definition) is 4. The van der Waals surface area contributed by atoms with Gasteiger partial charge in [0.2, 0.25) is 0 Å². The lowest BCUT2D eigenvalue weighted by Crippen LogP contribution is -2.29. The maximum atomic E-state index is 11.6. The van der Waals surface area contributed by atoms with Gasteiger partial charge in [0, 0.05) is 17.1 Å². The smallest absolute Gasteiger partial charge is 0.140 e. The van der Waals surface area contributed by atoms with Crippen LogP contribution >= 0.6 is 0 Å². The van der Waals surface area contributed by atoms with Crippen LogP contribution in [-0.4, -0.2) is 5.11 Å². The van der Waals surface area contributed by atoms with E-state index in [0.29, 0.717) is 33.8 Å². The molecule has 0 aromatic heterocycles. The molecule has 3 aromatic carbocycles. The number of benzene rings is 3. The van der Waals surface area contributed by atoms with Crippen molar-refractivity contribution in [1.82, 2.24) is 0 Å². The van der Waals surface area contributed by atoms with Crippen LogP contribution in [0.2, 0.25) is 0 Å². The second-order valence-corrected chi connectivity index (χ2v) is 5.58. The van der Waals surface area contributed by atoms with Crippen LogP contribution in [0.5, 0.6) is 0 Å². The van der Waals surface area contributed by atoms with Gasteiger partial charge in [-0.3, -0.25) is 0 Å². The molecule has 0 fully saturated rings. The number of anilines is 3. The highest BCUT2D eigenvalue weighted by Gasteiger charge is 2.34. The van der Waals surface area contributed by atoms with E-state index in [1.807, 2.05) is 36.4 Å². The van der Waals surface area contributed by atoms with Gasteiger partial charge >= 0.3 is 0 Å². The number of aliphatic hydroxyl groups is 1. The third-order valence-electron chi connectivity index (χ3n) is 3.94. The molecule has 0 heterocycles. The van der Waals surface area contributed by atoms with E-state index >= 15 is 0 Å². The Bertz CT molecular complexity index is 783. The third-order valence-corrected chi connectivity index (χ3v) is 3.94. The fraction of sp³-hybridized carbons (Fsp3) is 0.0526. The third kappa shape index (κ3) is 2.72. The quantitative estimate of drug-likeness (QED) is 0.442. The molecule has 116 valence electrons. The minimum absolute atomic E-state index is 0.584. The Hall–Kier alpha value is -2.98. The highest BCUT2D eigenvalue weighted by atomic mass is 16.3. The lowest BCUT2D eigenvalue weighted by Gasteiger charge is -2.30. The Morgan fingerprint density at radius 1 is 0.565 bits per heavy atom. The van der Waals surface area contributed by atoms with Crippen molar-refractivity contribution in [2.45, 2.75) is 5.60 Å². The molecule has 0 amide bonds. The van der Waals surface area contributed by atoms with Crippen LogP contribution in [0.4, 0.5) is 17.1 Å². The molecule has 23 heavy (non-hydrogen) atoms. The van der Waals surface area contributed by atoms with Crippen LogP contribution in [0.1, 0.15) is 16.7 Å². The lowest BCUT2D eigenvalue weighted by molar-refractivity contribution is 0.126. The molecule has 0 atom stereocenters. The summed E-state index contributed by atoms with van der Waals surface area (Å²) in [7, 11) is 0. The summed E-state index contributed by atoms with van der Waals surface area (Å²) in [6.45, 7) is 0. The standard InChI is InChI=1S/C19H19N3O/c20-16-9-7-13(8-10-16)19(23,14-3-1-5-17(21)11-14)15-4-2-6-18(22)12-15/h1-12,23H,20-22H2. The van der Waals surface area contributed by atoms with E-state index in [9.17, 15) is 5.11 Å². The SMILES string of the molecule is Nc1ccc(C(O)(c2cccc(N)c2)c2cccc(N)c2)cc1. The van der Waals surface area contributed by atoms with Crippen LogP contribution in [0.15, 0.2) is 72.8 Å². The van der Waals surface area contributed by atoms with Crippen molar-refractivity contribution >= 4 is 17.1 Å². The first-order valence-corrected chi connectivity index (χ1v) is 7.30. The number of nitrogens with two attached hydrogens (primary N) is 3. The van der Waals surface area contributed by atoms with Crippen molar-refractivity contribution < 1.29 is 5.11 Å². The van der Waals surface area contributed by atoms with E-state index in [-0.39, 0.29) is 0 Å². The molecule has 4 nitrogen and oxygen atoms in total. The van der Waals surface area contributed by atoms with Crippen molar-refractivity contribution in [3.05, 3.63) is 89.5 Å². The zero-order valence-corrected chi connectivity index (χ0v) is 12.6. The normalized spacial score (nSPS) is 11.3. The molecule has 0 radical (unpaired) electrons. The molecule has 3 aromatic rings. The molecule has 0 aliphatic rings. The van der Waals surface area contributed by atoms with E-state index in [1.165, 1.54) is 0 Å². The molecule has 3 rings (SSSR count). The maximum absolute atomic E-state index is 11.6. The largest absolute Gasteiger partial charge is 0.399 e. The Labute approximate surface area is 135 Å². The molecular weight excluding hydrogens is 286 g/mol. The molecule has 0 saturated heterocycles. The monoisotopic (exact) mass is 305 g/mol. The van der Waals surface area contributed by atoms with Gasteiger partial charge in [0.15, 0.2) is 0 Å². The zero-order valence-electron chi connectivity index (χ0n) is 12.6. The van der Waals surface area contributed by atoms with Crippen LogP contribution in [0, 0.1) is 0 Å². The van der Waals surface area contributed by atoms with Gasteiger partial charge in [0.05, 0.1) is 0 Å². The van der Waals surface area contributed by atoms with Gasteiger partial charge < -0.3 is 22.3 Å². The summed E-state index contributed by atoms with van der Waals surface area (Å²) in [5.74, 6) is 0. The molecule has 0 aliphatic heterocycles. The van der Waals surface area contributed by atoms with Gasteiger partial charge in [-0.1, -0.05) is 36.4 Å². The molecule has 7 N–H and O–H groups in total. The van der Waals surface area contributed by atoms with Gasteiger partial charge in [-0.15, -0.1) is 0 Å². The Morgan fingerprint density at radius 3 is 1.48 bits per heavy atom. The average Bonchev–Trinajstić information content (AvgIpc) is 2.55. The number of rotatable bonds is 3. The predicted octanol–water partition coefficient (Wildman–Crippen LogP) is 2.72. The van der Waals surface area contributed by atoms with Crippen LogP contribution in [0.25, 0.3) is 0 Å². The number of nitrogen functional groups attached to an aromatic ring is 3. The van der Waals surface area contributed by atoms with Crippen molar-refractivity contribution in [1.29, 1.82) is 0 Å². The van der Waals surface area contributed by atoms with Gasteiger partial charge in [-0.2, -0.15) is 0 Å². The fourth-order valence-electron chi connectivity index (χ4n) is 2.75. The van der Waals surface area contributed by atoms with E-state index in [2.05, 4.69) is 0 Å². The summed E-state index contributed by atoms with van der Waals surface area (Å²) >= 11 is 0. The van der Waals surface area contributed by atoms with E-state index in [4.69, 9.17) is 17.2 Å². The van der Waals surface area contributed by atoms with E-state index in [0.717, 1.165) is 0 Å². The summed E-state index contributed by atoms with van der Waals surface area (Å²) in [5.41, 5.74) is 20.1. The van der Waals surface area contributed by atoms with E-state index < -0.39 is 5.60 Å². The van der Waals surface area contributed by atoms with Crippen molar-refractivity contribution in [3.63, 3.8) is 0 Å². The molecule has 0 saturated carbocycles. The van der Waals surface area contributed by atoms with Crippen LogP contribution < -0.4 is 17.2 Å². The molecular formula is C19H19N3O. The summed E-state index contributed by atoms with van der Waals surface area (Å²) < 4.78 is 0. The zero-order chi connectivity index (χ0) is 16.4. The summed E-state index contributed by atoms with van der Waals surface area (Å²) in [6.07, 6.45) is 0. The number of hydrogen-bond donors (Lipinski definition) is 4. The summed E-state index contributed by atoms with van der Waals surface area (Å²) in [5, 5.41) is 11.6. The second-order valence-electron chi connectivity index (χ2n) is 5.58. The van der Waals surface area contributed by atoms with Gasteiger partial charge in [-0.25, -0.2) is 0 Å². The van der Waals surface area contributed by atoms with Crippen LogP contribution in [-0.2, 0) is 5.60 Å². The van der Waals surface area contributed by atoms with Crippen molar-refractivity contribution in [2.24, 2.45) is 0 Å². The summed E-state index contributed by atoms with van der Waals surface area (Å²) in [4.78, 5) is 0. The lowest BCUT2D eigenvalue weighted by atomic mass is 9.80. The topological polar surface area (TPSA) is 98.3 Å². The first kappa shape index (κ1) is 14.9. The van der Waals surface area contributed by atoms with Crippen molar-refractivity contribution in [3.8, 4) is 0 Å². The summed E-state index contributed by atoms with van der Waals surface area (Å²) in [6, 6.07) is 21.6. The molecule has 0 aliphatic carbocycles. The van der Waals surface area contributed by atoms with E-state index in [1.54, 1.807) is 36.4 Å². The fourth-order valence-corrected chi connectivity index (χ4v) is 2.75. The Kier molecular flexibility index (Phi) is 3.68. The predicted molar refractivity (Wildman–Crippen MR) is 94.7 cm³/mol. The maximum Gasteiger partial charge on any atom is 0.140 e. The minimum atomic E-state index is -1.36. The van der Waals surface area contributed by atoms with Gasteiger partial charge in [-0.05, 0) is 53.1 Å². The average molecular weight is 305 g/mol. The Balaban J connectivity index is 2.27.